The van der Waals surface area contributed by atoms with Gasteiger partial charge in [0.15, 0.2) is 10.8 Å². The highest BCUT2D eigenvalue weighted by Crippen LogP contribution is 2.23. The molecule has 2 aromatic heterocycles. The van der Waals surface area contributed by atoms with Crippen molar-refractivity contribution in [2.24, 2.45) is 0 Å². The molecule has 11 heteroatoms. The van der Waals surface area contributed by atoms with Gasteiger partial charge in [-0.15, -0.1) is 10.2 Å². The van der Waals surface area contributed by atoms with E-state index in [4.69, 9.17) is 5.73 Å². The number of nitrogens with two attached hydrogens (primary N) is 1. The van der Waals surface area contributed by atoms with Crippen molar-refractivity contribution in [1.29, 1.82) is 0 Å². The Morgan fingerprint density at radius 1 is 1.15 bits per heavy atom. The predicted molar refractivity (Wildman–Crippen MR) is 135 cm³/mol. The zero-order valence-corrected chi connectivity index (χ0v) is 20.6. The number of thioether (sulfide) groups is 1. The third kappa shape index (κ3) is 5.77. The van der Waals surface area contributed by atoms with E-state index < -0.39 is 11.2 Å². The number of H-pyrrole nitrogens is 1. The van der Waals surface area contributed by atoms with Crippen LogP contribution in [0.4, 0.5) is 11.5 Å². The fraction of sp³-hybridized carbons (Fsp3) is 0.435. The van der Waals surface area contributed by atoms with Crippen LogP contribution < -0.4 is 21.9 Å². The molecule has 182 valence electrons. The maximum absolute atomic E-state index is 13.3. The molecule has 0 fully saturated rings. The van der Waals surface area contributed by atoms with Gasteiger partial charge >= 0.3 is 5.69 Å². The van der Waals surface area contributed by atoms with Gasteiger partial charge in [0, 0.05) is 18.8 Å². The van der Waals surface area contributed by atoms with Gasteiger partial charge in [-0.2, -0.15) is 0 Å². The Kier molecular flexibility index (Phi) is 8.69. The predicted octanol–water partition coefficient (Wildman–Crippen LogP) is 2.73. The van der Waals surface area contributed by atoms with Crippen LogP contribution in [-0.4, -0.2) is 42.5 Å². The maximum Gasteiger partial charge on any atom is 0.330 e. The standard InChI is InChI=1S/C23H31N7O3S/c1-4-6-12-28(19-20(24)29(13-7-5-2)22(33)26-21(19)32)18(31)14-34-23-27-25-15-30(23)17-10-8-16(3)9-11-17/h8-11,15H,4-7,12-14,24H2,1-3H3,(H,26,32,33). The summed E-state index contributed by atoms with van der Waals surface area (Å²) < 4.78 is 3.13. The van der Waals surface area contributed by atoms with Crippen molar-refractivity contribution in [3.63, 3.8) is 0 Å². The van der Waals surface area contributed by atoms with E-state index in [0.29, 0.717) is 24.7 Å². The van der Waals surface area contributed by atoms with Crippen LogP contribution in [0.3, 0.4) is 0 Å². The molecule has 3 aromatic rings. The molecular formula is C23H31N7O3S. The van der Waals surface area contributed by atoms with Gasteiger partial charge in [-0.1, -0.05) is 56.1 Å². The van der Waals surface area contributed by atoms with Gasteiger partial charge in [-0.3, -0.25) is 23.7 Å². The first-order valence-corrected chi connectivity index (χ1v) is 12.4. The summed E-state index contributed by atoms with van der Waals surface area (Å²) in [6, 6.07) is 7.89. The van der Waals surface area contributed by atoms with E-state index in [0.717, 1.165) is 30.5 Å². The van der Waals surface area contributed by atoms with Crippen LogP contribution in [0, 0.1) is 6.92 Å². The number of rotatable bonds is 11. The van der Waals surface area contributed by atoms with Crippen LogP contribution in [0.2, 0.25) is 0 Å². The summed E-state index contributed by atoms with van der Waals surface area (Å²) in [5, 5.41) is 8.68. The van der Waals surface area contributed by atoms with Gasteiger partial charge < -0.3 is 10.6 Å². The molecule has 3 rings (SSSR count). The number of nitrogen functional groups attached to an aromatic ring is 1. The summed E-state index contributed by atoms with van der Waals surface area (Å²) >= 11 is 1.23. The molecule has 0 spiro atoms. The highest BCUT2D eigenvalue weighted by molar-refractivity contribution is 7.99. The minimum Gasteiger partial charge on any atom is -0.383 e. The van der Waals surface area contributed by atoms with Crippen molar-refractivity contribution >= 4 is 29.2 Å². The fourth-order valence-corrected chi connectivity index (χ4v) is 4.27. The number of aryl methyl sites for hydroxylation is 1. The van der Waals surface area contributed by atoms with Crippen molar-refractivity contribution in [2.75, 3.05) is 22.9 Å². The number of amides is 1. The van der Waals surface area contributed by atoms with Crippen LogP contribution in [0.1, 0.15) is 45.1 Å². The van der Waals surface area contributed by atoms with Crippen molar-refractivity contribution < 1.29 is 4.79 Å². The average molecular weight is 486 g/mol. The molecule has 0 aliphatic carbocycles. The van der Waals surface area contributed by atoms with Gasteiger partial charge in [-0.25, -0.2) is 4.79 Å². The lowest BCUT2D eigenvalue weighted by atomic mass is 10.2. The lowest BCUT2D eigenvalue weighted by Gasteiger charge is -2.24. The van der Waals surface area contributed by atoms with Crippen molar-refractivity contribution in [3.05, 3.63) is 57.0 Å². The number of hydrogen-bond donors (Lipinski definition) is 2. The number of benzene rings is 1. The highest BCUT2D eigenvalue weighted by Gasteiger charge is 2.24. The lowest BCUT2D eigenvalue weighted by Crippen LogP contribution is -2.42. The van der Waals surface area contributed by atoms with Crippen LogP contribution in [0.25, 0.3) is 5.69 Å². The molecule has 0 radical (unpaired) electrons. The van der Waals surface area contributed by atoms with Gasteiger partial charge in [-0.05, 0) is 31.9 Å². The second-order valence-electron chi connectivity index (χ2n) is 8.00. The molecule has 0 aliphatic heterocycles. The Hall–Kier alpha value is -3.34. The number of nitrogens with zero attached hydrogens (tertiary/aromatic N) is 5. The van der Waals surface area contributed by atoms with E-state index in [-0.39, 0.29) is 23.2 Å². The Balaban J connectivity index is 1.87. The molecule has 10 nitrogen and oxygen atoms in total. The smallest absolute Gasteiger partial charge is 0.330 e. The Bertz CT molecular complexity index is 1230. The molecule has 3 N–H and O–H groups in total. The molecule has 0 saturated heterocycles. The van der Waals surface area contributed by atoms with Gasteiger partial charge in [0.2, 0.25) is 5.91 Å². The Morgan fingerprint density at radius 3 is 2.53 bits per heavy atom. The SMILES string of the molecule is CCCCN(C(=O)CSc1nncn1-c1ccc(C)cc1)c1c(N)n(CCCC)c(=O)[nH]c1=O. The van der Waals surface area contributed by atoms with E-state index in [1.807, 2.05) is 45.0 Å². The molecular weight excluding hydrogens is 454 g/mol. The van der Waals surface area contributed by atoms with Crippen molar-refractivity contribution in [2.45, 2.75) is 58.2 Å². The van der Waals surface area contributed by atoms with Crippen molar-refractivity contribution in [3.8, 4) is 5.69 Å². The molecule has 1 aromatic carbocycles. The zero-order valence-electron chi connectivity index (χ0n) is 19.8. The number of carbonyl (C=O) groups is 1. The van der Waals surface area contributed by atoms with E-state index in [1.165, 1.54) is 21.2 Å². The number of anilines is 2. The van der Waals surface area contributed by atoms with Crippen LogP contribution in [-0.2, 0) is 11.3 Å². The first kappa shape index (κ1) is 25.3. The molecule has 1 amide bonds. The molecule has 0 atom stereocenters. The van der Waals surface area contributed by atoms with E-state index >= 15 is 0 Å². The van der Waals surface area contributed by atoms with E-state index in [9.17, 15) is 14.4 Å². The topological polar surface area (TPSA) is 132 Å². The van der Waals surface area contributed by atoms with Crippen LogP contribution in [0.15, 0.2) is 45.3 Å². The Morgan fingerprint density at radius 2 is 1.85 bits per heavy atom. The van der Waals surface area contributed by atoms with Gasteiger partial charge in [0.1, 0.15) is 12.1 Å². The number of aromatic amines is 1. The van der Waals surface area contributed by atoms with Gasteiger partial charge in [0.25, 0.3) is 5.56 Å². The average Bonchev–Trinajstić information content (AvgIpc) is 3.28. The summed E-state index contributed by atoms with van der Waals surface area (Å²) in [6.45, 7) is 6.69. The molecule has 2 heterocycles. The highest BCUT2D eigenvalue weighted by atomic mass is 32.2. The molecule has 0 unspecified atom stereocenters. The lowest BCUT2D eigenvalue weighted by molar-refractivity contribution is -0.116. The number of nitrogens with one attached hydrogen (secondary N) is 1. The zero-order chi connectivity index (χ0) is 24.7. The monoisotopic (exact) mass is 485 g/mol. The number of unbranched alkanes of at least 4 members (excludes halogenated alkanes) is 2. The van der Waals surface area contributed by atoms with E-state index in [2.05, 4.69) is 15.2 Å². The normalized spacial score (nSPS) is 11.0. The third-order valence-electron chi connectivity index (χ3n) is 5.41. The molecule has 34 heavy (non-hydrogen) atoms. The second kappa shape index (κ2) is 11.7. The number of aromatic nitrogens is 5. The summed E-state index contributed by atoms with van der Waals surface area (Å²) in [7, 11) is 0. The number of carbonyl (C=O) groups excluding carboxylic acids is 1. The Labute approximate surface area is 202 Å². The number of hydrogen-bond acceptors (Lipinski definition) is 7. The second-order valence-corrected chi connectivity index (χ2v) is 8.95. The van der Waals surface area contributed by atoms with E-state index in [1.54, 1.807) is 10.9 Å². The van der Waals surface area contributed by atoms with Crippen LogP contribution in [0.5, 0.6) is 0 Å². The molecule has 0 saturated carbocycles. The van der Waals surface area contributed by atoms with Gasteiger partial charge in [0.05, 0.1) is 5.75 Å². The van der Waals surface area contributed by atoms with Crippen LogP contribution >= 0.6 is 11.8 Å². The summed E-state index contributed by atoms with van der Waals surface area (Å²) in [5.41, 5.74) is 7.07. The summed E-state index contributed by atoms with van der Waals surface area (Å²) in [5.74, 6) is -0.254. The largest absolute Gasteiger partial charge is 0.383 e. The first-order chi connectivity index (χ1) is 16.4. The summed E-state index contributed by atoms with van der Waals surface area (Å²) in [4.78, 5) is 42.0. The molecule has 0 aliphatic rings. The quantitative estimate of drug-likeness (QED) is 0.399. The minimum absolute atomic E-state index is 0.0134. The maximum atomic E-state index is 13.3. The first-order valence-electron chi connectivity index (χ1n) is 11.4. The fourth-order valence-electron chi connectivity index (χ4n) is 3.46. The molecule has 0 bridgehead atoms. The van der Waals surface area contributed by atoms with Crippen molar-refractivity contribution in [1.82, 2.24) is 24.3 Å². The summed E-state index contributed by atoms with van der Waals surface area (Å²) in [6.07, 6.45) is 4.69. The minimum atomic E-state index is -0.660. The third-order valence-corrected chi connectivity index (χ3v) is 6.34.